The number of anilines is 1. The summed E-state index contributed by atoms with van der Waals surface area (Å²) in [6.45, 7) is 5.21. The molecule has 0 radical (unpaired) electrons. The fourth-order valence-corrected chi connectivity index (χ4v) is 3.54. The normalized spacial score (nSPS) is 10.5. The molecule has 6 heteroatoms. The SMILES string of the molecule is CCOc1cc(CNc2cccc(C(=O)O)c2C)c(Br)cc1OCc1ccccc1. The number of hydrogen-bond acceptors (Lipinski definition) is 4. The fraction of sp³-hybridized carbons (Fsp3) is 0.208. The summed E-state index contributed by atoms with van der Waals surface area (Å²) in [6, 6.07) is 19.0. The summed E-state index contributed by atoms with van der Waals surface area (Å²) >= 11 is 3.62. The molecule has 0 aliphatic carbocycles. The Bertz CT molecular complexity index is 1020. The first kappa shape index (κ1) is 21.7. The van der Waals surface area contributed by atoms with Gasteiger partial charge in [0.05, 0.1) is 12.2 Å². The summed E-state index contributed by atoms with van der Waals surface area (Å²) in [4.78, 5) is 11.4. The molecule has 0 bridgehead atoms. The van der Waals surface area contributed by atoms with Crippen LogP contribution in [0.1, 0.15) is 34.0 Å². The smallest absolute Gasteiger partial charge is 0.336 e. The molecule has 0 atom stereocenters. The van der Waals surface area contributed by atoms with Crippen LogP contribution >= 0.6 is 15.9 Å². The van der Waals surface area contributed by atoms with E-state index in [0.29, 0.717) is 42.4 Å². The van der Waals surface area contributed by atoms with Crippen molar-refractivity contribution in [1.29, 1.82) is 0 Å². The lowest BCUT2D eigenvalue weighted by atomic mass is 10.1. The number of hydrogen-bond donors (Lipinski definition) is 2. The van der Waals surface area contributed by atoms with Crippen molar-refractivity contribution in [2.75, 3.05) is 11.9 Å². The second-order valence-corrected chi connectivity index (χ2v) is 7.59. The Labute approximate surface area is 184 Å². The third-order valence-electron chi connectivity index (χ3n) is 4.68. The number of ether oxygens (including phenoxy) is 2. The van der Waals surface area contributed by atoms with Crippen LogP contribution in [-0.4, -0.2) is 17.7 Å². The average molecular weight is 470 g/mol. The van der Waals surface area contributed by atoms with Crippen LogP contribution in [0.2, 0.25) is 0 Å². The van der Waals surface area contributed by atoms with Crippen LogP contribution in [0, 0.1) is 6.92 Å². The Balaban J connectivity index is 1.78. The fourth-order valence-electron chi connectivity index (χ4n) is 3.08. The van der Waals surface area contributed by atoms with Crippen molar-refractivity contribution >= 4 is 27.6 Å². The number of rotatable bonds is 9. The molecule has 5 nitrogen and oxygen atoms in total. The Kier molecular flexibility index (Phi) is 7.36. The van der Waals surface area contributed by atoms with Gasteiger partial charge in [-0.15, -0.1) is 0 Å². The van der Waals surface area contributed by atoms with E-state index in [1.807, 2.05) is 55.5 Å². The number of carboxylic acids is 1. The summed E-state index contributed by atoms with van der Waals surface area (Å²) < 4.78 is 12.7. The molecule has 0 unspecified atom stereocenters. The van der Waals surface area contributed by atoms with Crippen LogP contribution in [0.25, 0.3) is 0 Å². The summed E-state index contributed by atoms with van der Waals surface area (Å²) in [6.07, 6.45) is 0. The van der Waals surface area contributed by atoms with Gasteiger partial charge in [0.15, 0.2) is 11.5 Å². The average Bonchev–Trinajstić information content (AvgIpc) is 2.74. The van der Waals surface area contributed by atoms with Crippen LogP contribution in [0.5, 0.6) is 11.5 Å². The van der Waals surface area contributed by atoms with Gasteiger partial charge in [0.2, 0.25) is 0 Å². The van der Waals surface area contributed by atoms with E-state index in [0.717, 1.165) is 21.3 Å². The highest BCUT2D eigenvalue weighted by Crippen LogP contribution is 2.35. The van der Waals surface area contributed by atoms with Gasteiger partial charge in [-0.1, -0.05) is 52.3 Å². The zero-order chi connectivity index (χ0) is 21.5. The third kappa shape index (κ3) is 5.33. The zero-order valence-electron chi connectivity index (χ0n) is 16.9. The highest BCUT2D eigenvalue weighted by Gasteiger charge is 2.13. The number of carboxylic acid groups (broad SMARTS) is 1. The molecule has 0 saturated heterocycles. The monoisotopic (exact) mass is 469 g/mol. The molecule has 0 saturated carbocycles. The van der Waals surface area contributed by atoms with Gasteiger partial charge in [-0.3, -0.25) is 0 Å². The minimum absolute atomic E-state index is 0.290. The van der Waals surface area contributed by atoms with Crippen molar-refractivity contribution in [3.63, 3.8) is 0 Å². The molecule has 3 rings (SSSR count). The van der Waals surface area contributed by atoms with Gasteiger partial charge in [-0.05, 0) is 54.8 Å². The van der Waals surface area contributed by atoms with E-state index < -0.39 is 5.97 Å². The largest absolute Gasteiger partial charge is 0.490 e. The van der Waals surface area contributed by atoms with Crippen LogP contribution < -0.4 is 14.8 Å². The predicted molar refractivity (Wildman–Crippen MR) is 122 cm³/mol. The number of aromatic carboxylic acids is 1. The molecular formula is C24H24BrNO4. The van der Waals surface area contributed by atoms with Crippen LogP contribution in [0.3, 0.4) is 0 Å². The van der Waals surface area contributed by atoms with Crippen molar-refractivity contribution in [3.05, 3.63) is 87.4 Å². The Morgan fingerprint density at radius 3 is 2.47 bits per heavy atom. The van der Waals surface area contributed by atoms with Gasteiger partial charge in [0.1, 0.15) is 6.61 Å². The van der Waals surface area contributed by atoms with E-state index in [2.05, 4.69) is 21.2 Å². The first-order chi connectivity index (χ1) is 14.5. The molecule has 0 aliphatic heterocycles. The Morgan fingerprint density at radius 2 is 1.77 bits per heavy atom. The highest BCUT2D eigenvalue weighted by atomic mass is 79.9. The highest BCUT2D eigenvalue weighted by molar-refractivity contribution is 9.10. The van der Waals surface area contributed by atoms with Crippen molar-refractivity contribution in [2.45, 2.75) is 27.0 Å². The van der Waals surface area contributed by atoms with Crippen LogP contribution in [0.15, 0.2) is 65.1 Å². The quantitative estimate of drug-likeness (QED) is 0.399. The van der Waals surface area contributed by atoms with Gasteiger partial charge < -0.3 is 19.9 Å². The minimum atomic E-state index is -0.934. The van der Waals surface area contributed by atoms with Gasteiger partial charge >= 0.3 is 5.97 Å². The third-order valence-corrected chi connectivity index (χ3v) is 5.42. The molecule has 0 aliphatic rings. The Hall–Kier alpha value is -2.99. The molecule has 3 aromatic carbocycles. The topological polar surface area (TPSA) is 67.8 Å². The lowest BCUT2D eigenvalue weighted by molar-refractivity contribution is 0.0696. The predicted octanol–water partition coefficient (Wildman–Crippen LogP) is 6.05. The first-order valence-electron chi connectivity index (χ1n) is 9.68. The van der Waals surface area contributed by atoms with E-state index >= 15 is 0 Å². The van der Waals surface area contributed by atoms with Gasteiger partial charge in [0.25, 0.3) is 0 Å². The zero-order valence-corrected chi connectivity index (χ0v) is 18.5. The maximum absolute atomic E-state index is 11.4. The summed E-state index contributed by atoms with van der Waals surface area (Å²) in [5.41, 5.74) is 3.83. The molecule has 0 spiro atoms. The number of nitrogens with one attached hydrogen (secondary N) is 1. The van der Waals surface area contributed by atoms with E-state index in [1.165, 1.54) is 0 Å². The molecular weight excluding hydrogens is 446 g/mol. The maximum atomic E-state index is 11.4. The standard InChI is InChI=1S/C24H24BrNO4/c1-3-29-22-12-18(14-26-21-11-7-10-19(16(21)2)24(27)28)20(25)13-23(22)30-15-17-8-5-4-6-9-17/h4-13,26H,3,14-15H2,1-2H3,(H,27,28). The maximum Gasteiger partial charge on any atom is 0.336 e. The van der Waals surface area contributed by atoms with Gasteiger partial charge in [-0.2, -0.15) is 0 Å². The van der Waals surface area contributed by atoms with Crippen molar-refractivity contribution in [2.24, 2.45) is 0 Å². The van der Waals surface area contributed by atoms with Gasteiger partial charge in [0, 0.05) is 16.7 Å². The second-order valence-electron chi connectivity index (χ2n) is 6.73. The summed E-state index contributed by atoms with van der Waals surface area (Å²) in [5, 5.41) is 12.6. The first-order valence-corrected chi connectivity index (χ1v) is 10.5. The molecule has 0 aromatic heterocycles. The lowest BCUT2D eigenvalue weighted by Crippen LogP contribution is -2.07. The lowest BCUT2D eigenvalue weighted by Gasteiger charge is -2.17. The number of benzene rings is 3. The number of carbonyl (C=O) groups is 1. The molecule has 2 N–H and O–H groups in total. The van der Waals surface area contributed by atoms with Gasteiger partial charge in [-0.25, -0.2) is 4.79 Å². The van der Waals surface area contributed by atoms with Crippen molar-refractivity contribution in [3.8, 4) is 11.5 Å². The summed E-state index contributed by atoms with van der Waals surface area (Å²) in [7, 11) is 0. The second kappa shape index (κ2) is 10.2. The summed E-state index contributed by atoms with van der Waals surface area (Å²) in [5.74, 6) is 0.403. The van der Waals surface area contributed by atoms with Crippen molar-refractivity contribution < 1.29 is 19.4 Å². The van der Waals surface area contributed by atoms with E-state index in [1.54, 1.807) is 19.1 Å². The van der Waals surface area contributed by atoms with E-state index in [9.17, 15) is 9.90 Å². The molecule has 156 valence electrons. The minimum Gasteiger partial charge on any atom is -0.490 e. The molecule has 3 aromatic rings. The Morgan fingerprint density at radius 1 is 1.03 bits per heavy atom. The van der Waals surface area contributed by atoms with Crippen molar-refractivity contribution in [1.82, 2.24) is 0 Å². The molecule has 0 heterocycles. The van der Waals surface area contributed by atoms with E-state index in [-0.39, 0.29) is 0 Å². The number of halogens is 1. The molecule has 30 heavy (non-hydrogen) atoms. The van der Waals surface area contributed by atoms with Crippen LogP contribution in [-0.2, 0) is 13.2 Å². The molecule has 0 amide bonds. The molecule has 0 fully saturated rings. The van der Waals surface area contributed by atoms with Crippen LogP contribution in [0.4, 0.5) is 5.69 Å². The van der Waals surface area contributed by atoms with E-state index in [4.69, 9.17) is 9.47 Å².